The number of aryl methyl sites for hydroxylation is 1. The number of aliphatic hydroxyl groups excluding tert-OH is 1. The molecule has 2 heterocycles. The van der Waals surface area contributed by atoms with E-state index >= 15 is 0 Å². The molecular weight excluding hydrogens is 397 g/mol. The number of aromatic nitrogens is 1. The fourth-order valence-corrected chi connectivity index (χ4v) is 4.69. The molecule has 4 nitrogen and oxygen atoms in total. The SMILES string of the molecule is CCc1cnc(N2[C@@H](C#N)[C@H](c3ccc(C#Cc4ccccc4F)cc3)[C@@H]2CO)s1. The van der Waals surface area contributed by atoms with Crippen LogP contribution < -0.4 is 4.90 Å². The third-order valence-electron chi connectivity index (χ3n) is 5.35. The van der Waals surface area contributed by atoms with Crippen molar-refractivity contribution in [1.82, 2.24) is 4.98 Å². The maximum absolute atomic E-state index is 13.7. The lowest BCUT2D eigenvalue weighted by Gasteiger charge is -2.51. The van der Waals surface area contributed by atoms with Crippen LogP contribution in [0.2, 0.25) is 0 Å². The van der Waals surface area contributed by atoms with Crippen LogP contribution in [0.1, 0.15) is 34.4 Å². The van der Waals surface area contributed by atoms with Gasteiger partial charge in [-0.25, -0.2) is 9.37 Å². The largest absolute Gasteiger partial charge is 0.394 e. The van der Waals surface area contributed by atoms with Gasteiger partial charge in [-0.15, -0.1) is 11.3 Å². The molecule has 2 aromatic carbocycles. The van der Waals surface area contributed by atoms with E-state index in [4.69, 9.17) is 0 Å². The zero-order valence-electron chi connectivity index (χ0n) is 16.4. The molecule has 1 N–H and O–H groups in total. The van der Waals surface area contributed by atoms with Crippen LogP contribution in [-0.4, -0.2) is 28.8 Å². The van der Waals surface area contributed by atoms with E-state index < -0.39 is 0 Å². The Morgan fingerprint density at radius 2 is 1.93 bits per heavy atom. The van der Waals surface area contributed by atoms with Gasteiger partial charge >= 0.3 is 0 Å². The molecule has 0 bridgehead atoms. The van der Waals surface area contributed by atoms with Crippen LogP contribution in [0.25, 0.3) is 0 Å². The van der Waals surface area contributed by atoms with Crippen LogP contribution in [0.4, 0.5) is 9.52 Å². The fourth-order valence-electron chi connectivity index (χ4n) is 3.74. The summed E-state index contributed by atoms with van der Waals surface area (Å²) in [6, 6.07) is 15.8. The Morgan fingerprint density at radius 3 is 2.57 bits per heavy atom. The lowest BCUT2D eigenvalue weighted by atomic mass is 9.76. The summed E-state index contributed by atoms with van der Waals surface area (Å²) in [7, 11) is 0. The van der Waals surface area contributed by atoms with Gasteiger partial charge < -0.3 is 10.0 Å². The Labute approximate surface area is 179 Å². The molecular formula is C24H20FN3OS. The summed E-state index contributed by atoms with van der Waals surface area (Å²) in [6.07, 6.45) is 2.73. The summed E-state index contributed by atoms with van der Waals surface area (Å²) in [6.45, 7) is 2.01. The van der Waals surface area contributed by atoms with Crippen molar-refractivity contribution in [3.05, 3.63) is 82.1 Å². The minimum absolute atomic E-state index is 0.0568. The molecule has 30 heavy (non-hydrogen) atoms. The van der Waals surface area contributed by atoms with Crippen molar-refractivity contribution < 1.29 is 9.50 Å². The zero-order chi connectivity index (χ0) is 21.1. The lowest BCUT2D eigenvalue weighted by Crippen LogP contribution is -2.63. The highest BCUT2D eigenvalue weighted by Gasteiger charge is 2.50. The number of aliphatic hydroxyl groups is 1. The Kier molecular flexibility index (Phi) is 5.81. The second-order valence-electron chi connectivity index (χ2n) is 7.07. The summed E-state index contributed by atoms with van der Waals surface area (Å²) >= 11 is 1.56. The Hall–Kier alpha value is -3.19. The minimum atomic E-state index is -0.381. The van der Waals surface area contributed by atoms with Gasteiger partial charge in [0.15, 0.2) is 5.13 Å². The highest BCUT2D eigenvalue weighted by molar-refractivity contribution is 7.15. The Morgan fingerprint density at radius 1 is 1.17 bits per heavy atom. The van der Waals surface area contributed by atoms with Crippen LogP contribution in [0, 0.1) is 29.0 Å². The average Bonchev–Trinajstić information content (AvgIpc) is 3.22. The number of thiazole rings is 1. The average molecular weight is 418 g/mol. The predicted molar refractivity (Wildman–Crippen MR) is 116 cm³/mol. The van der Waals surface area contributed by atoms with Crippen LogP contribution in [0.3, 0.4) is 0 Å². The molecule has 0 saturated carbocycles. The van der Waals surface area contributed by atoms with Gasteiger partial charge in [0.25, 0.3) is 0 Å². The van der Waals surface area contributed by atoms with Crippen molar-refractivity contribution in [2.24, 2.45) is 0 Å². The predicted octanol–water partition coefficient (Wildman–Crippen LogP) is 4.10. The first kappa shape index (κ1) is 20.1. The van der Waals surface area contributed by atoms with Gasteiger partial charge in [-0.3, -0.25) is 0 Å². The van der Waals surface area contributed by atoms with Crippen molar-refractivity contribution in [2.45, 2.75) is 31.3 Å². The van der Waals surface area contributed by atoms with E-state index in [2.05, 4.69) is 29.8 Å². The molecule has 0 aliphatic carbocycles. The van der Waals surface area contributed by atoms with Crippen molar-refractivity contribution >= 4 is 16.5 Å². The quantitative estimate of drug-likeness (QED) is 0.650. The van der Waals surface area contributed by atoms with Gasteiger partial charge in [-0.2, -0.15) is 5.26 Å². The summed E-state index contributed by atoms with van der Waals surface area (Å²) in [5.41, 5.74) is 2.09. The molecule has 3 aromatic rings. The Balaban J connectivity index is 1.55. The zero-order valence-corrected chi connectivity index (χ0v) is 17.2. The number of benzene rings is 2. The molecule has 1 fully saturated rings. The van der Waals surface area contributed by atoms with Gasteiger partial charge in [0, 0.05) is 22.6 Å². The monoisotopic (exact) mass is 417 g/mol. The third kappa shape index (κ3) is 3.68. The van der Waals surface area contributed by atoms with Crippen molar-refractivity contribution in [3.63, 3.8) is 0 Å². The highest BCUT2D eigenvalue weighted by Crippen LogP contribution is 2.44. The molecule has 0 unspecified atom stereocenters. The second-order valence-corrected chi connectivity index (χ2v) is 8.17. The van der Waals surface area contributed by atoms with Gasteiger partial charge in [0.2, 0.25) is 0 Å². The molecule has 1 saturated heterocycles. The van der Waals surface area contributed by atoms with Gasteiger partial charge in [0.1, 0.15) is 11.9 Å². The number of hydrogen-bond donors (Lipinski definition) is 1. The molecule has 150 valence electrons. The number of hydrogen-bond acceptors (Lipinski definition) is 5. The van der Waals surface area contributed by atoms with Crippen LogP contribution in [-0.2, 0) is 6.42 Å². The number of nitrogens with zero attached hydrogens (tertiary/aromatic N) is 3. The molecule has 4 rings (SSSR count). The summed E-state index contributed by atoms with van der Waals surface area (Å²) < 4.78 is 13.7. The Bertz CT molecular complexity index is 1140. The van der Waals surface area contributed by atoms with E-state index in [0.29, 0.717) is 5.56 Å². The molecule has 1 aliphatic heterocycles. The van der Waals surface area contributed by atoms with Gasteiger partial charge in [-0.05, 0) is 36.2 Å². The van der Waals surface area contributed by atoms with Crippen LogP contribution in [0.15, 0.2) is 54.7 Å². The first-order valence-electron chi connectivity index (χ1n) is 9.76. The number of nitriles is 1. The first-order valence-corrected chi connectivity index (χ1v) is 10.6. The minimum Gasteiger partial charge on any atom is -0.394 e. The smallest absolute Gasteiger partial charge is 0.186 e. The summed E-state index contributed by atoms with van der Waals surface area (Å²) in [4.78, 5) is 7.51. The summed E-state index contributed by atoms with van der Waals surface area (Å²) in [5, 5.41) is 20.5. The van der Waals surface area contributed by atoms with Crippen molar-refractivity contribution in [2.75, 3.05) is 11.5 Å². The van der Waals surface area contributed by atoms with E-state index in [1.807, 2.05) is 35.4 Å². The molecule has 0 radical (unpaired) electrons. The van der Waals surface area contributed by atoms with Gasteiger partial charge in [0.05, 0.1) is 24.3 Å². The number of rotatable bonds is 4. The first-order chi connectivity index (χ1) is 14.7. The third-order valence-corrected chi connectivity index (χ3v) is 6.51. The van der Waals surface area contributed by atoms with E-state index in [1.54, 1.807) is 29.5 Å². The maximum Gasteiger partial charge on any atom is 0.186 e. The standard InChI is InChI=1S/C24H20FN3OS/c1-2-19-14-27-24(30-19)28-21(13-26)23(22(28)15-29)18-11-8-16(9-12-18)7-10-17-5-3-4-6-20(17)25/h3-6,8-9,11-12,14,21-23,29H,2,15H2,1H3/t21-,22-,23-/m0/s1. The fraction of sp³-hybridized carbons (Fsp3) is 0.250. The highest BCUT2D eigenvalue weighted by atomic mass is 32.1. The van der Waals surface area contributed by atoms with E-state index in [-0.39, 0.29) is 30.4 Å². The van der Waals surface area contributed by atoms with Gasteiger partial charge in [-0.1, -0.05) is 43.0 Å². The van der Waals surface area contributed by atoms with E-state index in [9.17, 15) is 14.8 Å². The number of anilines is 1. The topological polar surface area (TPSA) is 60.2 Å². The molecule has 0 amide bonds. The normalized spacial score (nSPS) is 20.1. The molecule has 0 spiro atoms. The summed E-state index contributed by atoms with van der Waals surface area (Å²) in [5.74, 6) is 5.38. The van der Waals surface area contributed by atoms with E-state index in [0.717, 1.165) is 27.6 Å². The van der Waals surface area contributed by atoms with E-state index in [1.165, 1.54) is 6.07 Å². The van der Waals surface area contributed by atoms with Crippen LogP contribution >= 0.6 is 11.3 Å². The second kappa shape index (κ2) is 8.67. The van der Waals surface area contributed by atoms with Crippen LogP contribution in [0.5, 0.6) is 0 Å². The maximum atomic E-state index is 13.7. The molecule has 1 aromatic heterocycles. The van der Waals surface area contributed by atoms with Crippen molar-refractivity contribution in [1.29, 1.82) is 5.26 Å². The molecule has 6 heteroatoms. The number of halogens is 1. The lowest BCUT2D eigenvalue weighted by molar-refractivity contribution is 0.187. The molecule has 1 aliphatic rings. The van der Waals surface area contributed by atoms with Crippen molar-refractivity contribution in [3.8, 4) is 17.9 Å². The molecule has 3 atom stereocenters.